The summed E-state index contributed by atoms with van der Waals surface area (Å²) in [4.78, 5) is 23.8. The minimum absolute atomic E-state index is 0.0143. The smallest absolute Gasteiger partial charge is 0.258 e. The first kappa shape index (κ1) is 14.8. The second kappa shape index (κ2) is 5.70. The molecule has 4 rings (SSSR count). The maximum atomic E-state index is 12.9. The van der Waals surface area contributed by atoms with Crippen LogP contribution in [-0.4, -0.2) is 30.4 Å². The summed E-state index contributed by atoms with van der Waals surface area (Å²) in [6.45, 7) is 5.39. The number of carbonyl (C=O) groups is 1. The third-order valence-electron chi connectivity index (χ3n) is 4.24. The summed E-state index contributed by atoms with van der Waals surface area (Å²) in [5.41, 5.74) is 3.45. The van der Waals surface area contributed by atoms with Gasteiger partial charge < -0.3 is 4.90 Å². The first-order valence-corrected chi connectivity index (χ1v) is 8.17. The Morgan fingerprint density at radius 2 is 2.12 bits per heavy atom. The van der Waals surface area contributed by atoms with Crippen molar-refractivity contribution in [3.8, 4) is 0 Å². The second-order valence-corrected chi connectivity index (χ2v) is 6.61. The van der Waals surface area contributed by atoms with E-state index in [1.165, 1.54) is 0 Å². The van der Waals surface area contributed by atoms with E-state index < -0.39 is 0 Å². The van der Waals surface area contributed by atoms with Gasteiger partial charge in [-0.15, -0.1) is 0 Å². The second-order valence-electron chi connectivity index (χ2n) is 6.61. The standard InChI is InChI=1S/C18H19N5O/c1-12(2)7-17-19-8-13-10-22(11-15(13)21-17)18(24)14-9-20-23-6-4-3-5-16(14)23/h3-6,8-9,12H,7,10-11H2,1-2H3. The van der Waals surface area contributed by atoms with Crippen molar-refractivity contribution in [1.29, 1.82) is 0 Å². The van der Waals surface area contributed by atoms with E-state index >= 15 is 0 Å². The van der Waals surface area contributed by atoms with Crippen molar-refractivity contribution >= 4 is 11.4 Å². The van der Waals surface area contributed by atoms with Crippen LogP contribution in [0.5, 0.6) is 0 Å². The summed E-state index contributed by atoms with van der Waals surface area (Å²) in [5, 5.41) is 4.25. The van der Waals surface area contributed by atoms with Crippen LogP contribution in [0.3, 0.4) is 0 Å². The molecule has 0 saturated carbocycles. The van der Waals surface area contributed by atoms with Crippen molar-refractivity contribution in [3.05, 3.63) is 59.4 Å². The molecule has 0 aromatic carbocycles. The first-order valence-electron chi connectivity index (χ1n) is 8.17. The van der Waals surface area contributed by atoms with Gasteiger partial charge in [0.15, 0.2) is 0 Å². The molecule has 1 aliphatic rings. The minimum Gasteiger partial charge on any atom is -0.328 e. The van der Waals surface area contributed by atoms with E-state index in [9.17, 15) is 4.79 Å². The van der Waals surface area contributed by atoms with Crippen LogP contribution in [0.15, 0.2) is 36.8 Å². The fraction of sp³-hybridized carbons (Fsp3) is 0.333. The van der Waals surface area contributed by atoms with E-state index in [0.717, 1.165) is 29.0 Å². The first-order chi connectivity index (χ1) is 11.6. The lowest BCUT2D eigenvalue weighted by atomic mass is 10.1. The van der Waals surface area contributed by atoms with Crippen LogP contribution in [0.4, 0.5) is 0 Å². The summed E-state index contributed by atoms with van der Waals surface area (Å²) in [7, 11) is 0. The van der Waals surface area contributed by atoms with Crippen LogP contribution in [0.1, 0.15) is 41.3 Å². The number of fused-ring (bicyclic) bond motifs is 2. The van der Waals surface area contributed by atoms with Gasteiger partial charge in [0.2, 0.25) is 0 Å². The van der Waals surface area contributed by atoms with E-state index in [1.807, 2.05) is 35.5 Å². The predicted molar refractivity (Wildman–Crippen MR) is 89.3 cm³/mol. The van der Waals surface area contributed by atoms with Crippen molar-refractivity contribution in [2.45, 2.75) is 33.4 Å². The molecule has 1 aliphatic heterocycles. The molecule has 0 unspecified atom stereocenters. The third-order valence-corrected chi connectivity index (χ3v) is 4.24. The highest BCUT2D eigenvalue weighted by Gasteiger charge is 2.27. The van der Waals surface area contributed by atoms with Gasteiger partial charge in [0.05, 0.1) is 29.5 Å². The highest BCUT2D eigenvalue weighted by Crippen LogP contribution is 2.24. The number of carbonyl (C=O) groups excluding carboxylic acids is 1. The summed E-state index contributed by atoms with van der Waals surface area (Å²) in [6, 6.07) is 5.71. The van der Waals surface area contributed by atoms with Crippen molar-refractivity contribution in [1.82, 2.24) is 24.5 Å². The fourth-order valence-corrected chi connectivity index (χ4v) is 3.07. The molecule has 0 saturated heterocycles. The van der Waals surface area contributed by atoms with E-state index in [-0.39, 0.29) is 5.91 Å². The van der Waals surface area contributed by atoms with Crippen LogP contribution < -0.4 is 0 Å². The van der Waals surface area contributed by atoms with Gasteiger partial charge in [0, 0.05) is 30.9 Å². The number of nitrogens with zero attached hydrogens (tertiary/aromatic N) is 5. The molecule has 0 spiro atoms. The van der Waals surface area contributed by atoms with Crippen molar-refractivity contribution in [3.63, 3.8) is 0 Å². The molecule has 0 fully saturated rings. The molecule has 0 radical (unpaired) electrons. The predicted octanol–water partition coefficient (Wildman–Crippen LogP) is 2.48. The quantitative estimate of drug-likeness (QED) is 0.743. The lowest BCUT2D eigenvalue weighted by Crippen LogP contribution is -2.25. The molecule has 122 valence electrons. The summed E-state index contributed by atoms with van der Waals surface area (Å²) < 4.78 is 1.72. The fourth-order valence-electron chi connectivity index (χ4n) is 3.07. The Bertz CT molecular complexity index is 915. The van der Waals surface area contributed by atoms with Gasteiger partial charge in [0.1, 0.15) is 5.82 Å². The molecule has 4 heterocycles. The topological polar surface area (TPSA) is 63.4 Å². The van der Waals surface area contributed by atoms with Crippen molar-refractivity contribution in [2.24, 2.45) is 5.92 Å². The molecule has 6 nitrogen and oxygen atoms in total. The van der Waals surface area contributed by atoms with E-state index in [0.29, 0.717) is 24.6 Å². The van der Waals surface area contributed by atoms with Crippen LogP contribution in [0, 0.1) is 5.92 Å². The van der Waals surface area contributed by atoms with Gasteiger partial charge in [-0.25, -0.2) is 14.5 Å². The largest absolute Gasteiger partial charge is 0.328 e. The molecule has 6 heteroatoms. The Hall–Kier alpha value is -2.76. The molecule has 0 bridgehead atoms. The molecular weight excluding hydrogens is 302 g/mol. The molecule has 3 aromatic heterocycles. The molecule has 0 aliphatic carbocycles. The molecule has 0 N–H and O–H groups in total. The number of aromatic nitrogens is 4. The summed E-state index contributed by atoms with van der Waals surface area (Å²) in [5.74, 6) is 1.36. The van der Waals surface area contributed by atoms with Crippen LogP contribution in [0.2, 0.25) is 0 Å². The Morgan fingerprint density at radius 1 is 1.25 bits per heavy atom. The molecule has 3 aromatic rings. The average molecular weight is 321 g/mol. The highest BCUT2D eigenvalue weighted by molar-refractivity contribution is 6.00. The number of amides is 1. The minimum atomic E-state index is -0.0143. The molecular formula is C18H19N5O. The Balaban J connectivity index is 1.59. The molecule has 0 atom stereocenters. The van der Waals surface area contributed by atoms with Crippen molar-refractivity contribution in [2.75, 3.05) is 0 Å². The Morgan fingerprint density at radius 3 is 2.96 bits per heavy atom. The molecule has 24 heavy (non-hydrogen) atoms. The maximum Gasteiger partial charge on any atom is 0.258 e. The zero-order valence-corrected chi connectivity index (χ0v) is 13.8. The summed E-state index contributed by atoms with van der Waals surface area (Å²) >= 11 is 0. The Labute approximate surface area is 140 Å². The monoisotopic (exact) mass is 321 g/mol. The van der Waals surface area contributed by atoms with E-state index in [2.05, 4.69) is 28.9 Å². The lowest BCUT2D eigenvalue weighted by Gasteiger charge is -2.13. The number of rotatable bonds is 3. The zero-order valence-electron chi connectivity index (χ0n) is 13.8. The van der Waals surface area contributed by atoms with E-state index in [1.54, 1.807) is 10.7 Å². The van der Waals surface area contributed by atoms with Crippen LogP contribution >= 0.6 is 0 Å². The number of pyridine rings is 1. The normalized spacial score (nSPS) is 13.7. The third kappa shape index (κ3) is 2.54. The van der Waals surface area contributed by atoms with Gasteiger partial charge >= 0.3 is 0 Å². The van der Waals surface area contributed by atoms with Crippen LogP contribution in [0.25, 0.3) is 5.52 Å². The number of hydrogen-bond acceptors (Lipinski definition) is 4. The summed E-state index contributed by atoms with van der Waals surface area (Å²) in [6.07, 6.45) is 6.20. The van der Waals surface area contributed by atoms with Gasteiger partial charge in [0.25, 0.3) is 5.91 Å². The van der Waals surface area contributed by atoms with Gasteiger partial charge in [-0.3, -0.25) is 4.79 Å². The average Bonchev–Trinajstić information content (AvgIpc) is 3.17. The Kier molecular flexibility index (Phi) is 3.52. The number of hydrogen-bond donors (Lipinski definition) is 0. The maximum absolute atomic E-state index is 12.9. The van der Waals surface area contributed by atoms with Gasteiger partial charge in [-0.05, 0) is 18.1 Å². The zero-order chi connectivity index (χ0) is 16.7. The van der Waals surface area contributed by atoms with E-state index in [4.69, 9.17) is 0 Å². The highest BCUT2D eigenvalue weighted by atomic mass is 16.2. The van der Waals surface area contributed by atoms with Gasteiger partial charge in [-0.1, -0.05) is 19.9 Å². The SMILES string of the molecule is CC(C)Cc1ncc2c(n1)CN(C(=O)c1cnn3ccccc13)C2. The lowest BCUT2D eigenvalue weighted by molar-refractivity contribution is 0.0752. The molecule has 1 amide bonds. The van der Waals surface area contributed by atoms with Crippen molar-refractivity contribution < 1.29 is 4.79 Å². The van der Waals surface area contributed by atoms with Crippen LogP contribution in [-0.2, 0) is 19.5 Å². The van der Waals surface area contributed by atoms with Gasteiger partial charge in [-0.2, -0.15) is 5.10 Å².